The third-order valence-corrected chi connectivity index (χ3v) is 15.9. The van der Waals surface area contributed by atoms with E-state index in [9.17, 15) is 40.2 Å². The van der Waals surface area contributed by atoms with Gasteiger partial charge in [-0.3, -0.25) is 0 Å². The molecule has 60 heavy (non-hydrogen) atoms. The number of hydrogen-bond acceptors (Lipinski definition) is 14. The van der Waals surface area contributed by atoms with Gasteiger partial charge in [-0.05, 0) is 80.2 Å². The molecule has 10 aliphatic rings. The van der Waals surface area contributed by atoms with E-state index in [1.54, 1.807) is 50.3 Å². The summed E-state index contributed by atoms with van der Waals surface area (Å²) in [4.78, 5) is 27.9. The minimum atomic E-state index is -2.35. The summed E-state index contributed by atoms with van der Waals surface area (Å²) in [6.07, 6.45) is 0.255. The van der Waals surface area contributed by atoms with Gasteiger partial charge in [-0.1, -0.05) is 75.8 Å². The topological polar surface area (TPSA) is 214 Å². The number of rotatable bonds is 5. The van der Waals surface area contributed by atoms with Gasteiger partial charge in [-0.15, -0.1) is 0 Å². The van der Waals surface area contributed by atoms with E-state index in [2.05, 4.69) is 6.92 Å². The van der Waals surface area contributed by atoms with Gasteiger partial charge in [0.2, 0.25) is 6.10 Å². The van der Waals surface area contributed by atoms with Crippen LogP contribution < -0.4 is 0 Å². The molecule has 4 saturated heterocycles. The van der Waals surface area contributed by atoms with Crippen LogP contribution in [0.25, 0.3) is 0 Å². The van der Waals surface area contributed by atoms with Crippen LogP contribution in [0.2, 0.25) is 0 Å². The molecule has 12 rings (SSSR count). The predicted octanol–water partition coefficient (Wildman–Crippen LogP) is 3.01. The maximum atomic E-state index is 14.4. The van der Waals surface area contributed by atoms with Crippen molar-refractivity contribution >= 4 is 11.9 Å². The predicted molar refractivity (Wildman–Crippen MR) is 208 cm³/mol. The largest absolute Gasteiger partial charge is 0.508 e. The summed E-state index contributed by atoms with van der Waals surface area (Å²) in [5.41, 5.74) is -9.03. The minimum Gasteiger partial charge on any atom is -0.508 e. The first-order valence-corrected chi connectivity index (χ1v) is 21.3. The second kappa shape index (κ2) is 13.4. The fraction of sp³-hybridized carbons (Fsp3) is 0.609. The Bertz CT molecular complexity index is 2110. The van der Waals surface area contributed by atoms with Crippen molar-refractivity contribution in [1.29, 1.82) is 0 Å². The van der Waals surface area contributed by atoms with Crippen molar-refractivity contribution < 1.29 is 68.6 Å². The number of benzene rings is 2. The van der Waals surface area contributed by atoms with Gasteiger partial charge in [0.15, 0.2) is 0 Å². The highest BCUT2D eigenvalue weighted by Gasteiger charge is 2.91. The molecule has 0 aromatic heterocycles. The Morgan fingerprint density at radius 1 is 0.900 bits per heavy atom. The average Bonchev–Trinajstić information content (AvgIpc) is 4.16. The molecule has 322 valence electrons. The quantitative estimate of drug-likeness (QED) is 0.189. The molecule has 4 saturated carbocycles. The van der Waals surface area contributed by atoms with E-state index < -0.39 is 113 Å². The highest BCUT2D eigenvalue weighted by molar-refractivity contribution is 5.92. The Labute approximate surface area is 347 Å². The van der Waals surface area contributed by atoms with Crippen molar-refractivity contribution in [3.05, 3.63) is 90.0 Å². The SMILES string of the molecule is CC[C@@H]1C[C@@](C)(O)[C@@]2(O)[C@@H]3OC4(c5ccccc5)O[C@@H]2[C@@H](C)[C@@]2(O4)[C@H]3[C@@H]3O[C@]3(CO)[C@@H](O)[C@@]3(O)[C@H]2C[C@H](C)[C@@H]3OC(=O)[C@H](OC(=O)c2ccc(O)cc2)/C=C/C=C/[C@H]2C[C@@H]12. The van der Waals surface area contributed by atoms with Crippen molar-refractivity contribution in [2.45, 2.75) is 124 Å². The van der Waals surface area contributed by atoms with Crippen molar-refractivity contribution in [2.24, 2.45) is 41.4 Å². The van der Waals surface area contributed by atoms with Crippen LogP contribution in [-0.4, -0.2) is 114 Å². The van der Waals surface area contributed by atoms with Gasteiger partial charge in [0.05, 0.1) is 23.4 Å². The lowest BCUT2D eigenvalue weighted by Crippen LogP contribution is -2.89. The lowest BCUT2D eigenvalue weighted by Gasteiger charge is -2.74. The molecule has 14 heteroatoms. The monoisotopic (exact) mass is 830 g/mol. The minimum absolute atomic E-state index is 0.0364. The number of phenols is 1. The summed E-state index contributed by atoms with van der Waals surface area (Å²) < 4.78 is 39.4. The lowest BCUT2D eigenvalue weighted by atomic mass is 9.49. The molecule has 4 aliphatic carbocycles. The third kappa shape index (κ3) is 5.26. The number of phenolic OH excluding ortho intramolecular Hbond substituents is 1. The van der Waals surface area contributed by atoms with Crippen LogP contribution in [0.5, 0.6) is 5.75 Å². The van der Waals surface area contributed by atoms with Crippen molar-refractivity contribution in [2.75, 3.05) is 6.61 Å². The van der Waals surface area contributed by atoms with Crippen LogP contribution in [0, 0.1) is 41.4 Å². The maximum Gasteiger partial charge on any atom is 0.352 e. The third-order valence-electron chi connectivity index (χ3n) is 15.9. The number of esters is 2. The highest BCUT2D eigenvalue weighted by Crippen LogP contribution is 2.75. The molecule has 8 fully saturated rings. The first-order chi connectivity index (χ1) is 28.5. The van der Waals surface area contributed by atoms with E-state index in [-0.39, 0.29) is 41.9 Å². The van der Waals surface area contributed by atoms with Crippen molar-refractivity contribution in [1.82, 2.24) is 0 Å². The van der Waals surface area contributed by atoms with Gasteiger partial charge in [0, 0.05) is 23.3 Å². The number of ether oxygens (including phenoxy) is 6. The summed E-state index contributed by atoms with van der Waals surface area (Å²) in [5.74, 6) is -7.08. The Morgan fingerprint density at radius 2 is 1.60 bits per heavy atom. The zero-order valence-electron chi connectivity index (χ0n) is 34.0. The second-order valence-electron chi connectivity index (χ2n) is 19.0. The molecule has 9 bridgehead atoms. The molecule has 0 radical (unpaired) electrons. The molecular weight excluding hydrogens is 776 g/mol. The van der Waals surface area contributed by atoms with Crippen LogP contribution >= 0.6 is 0 Å². The van der Waals surface area contributed by atoms with Gasteiger partial charge in [0.25, 0.3) is 0 Å². The molecule has 0 amide bonds. The number of epoxide rings is 1. The van der Waals surface area contributed by atoms with Crippen LogP contribution in [-0.2, 0) is 39.2 Å². The van der Waals surface area contributed by atoms with E-state index >= 15 is 0 Å². The number of allylic oxidation sites excluding steroid dienone is 3. The Balaban J connectivity index is 1.15. The number of fused-ring (bicyclic) bond motifs is 7. The van der Waals surface area contributed by atoms with Crippen molar-refractivity contribution in [3.8, 4) is 5.75 Å². The number of aliphatic hydroxyl groups excluding tert-OH is 2. The zero-order chi connectivity index (χ0) is 42.4. The summed E-state index contributed by atoms with van der Waals surface area (Å²) in [6.45, 7) is 6.54. The molecule has 6 N–H and O–H groups in total. The van der Waals surface area contributed by atoms with Gasteiger partial charge in [0.1, 0.15) is 53.1 Å². The summed E-state index contributed by atoms with van der Waals surface area (Å²) in [6, 6.07) is 14.3. The molecular formula is C46H54O14. The summed E-state index contributed by atoms with van der Waals surface area (Å²) in [7, 11) is 0. The van der Waals surface area contributed by atoms with E-state index in [1.165, 1.54) is 30.3 Å². The number of carbonyl (C=O) groups excluding carboxylic acids is 2. The fourth-order valence-corrected chi connectivity index (χ4v) is 12.8. The van der Waals surface area contributed by atoms with E-state index in [0.29, 0.717) is 12.0 Å². The van der Waals surface area contributed by atoms with Crippen LogP contribution in [0.3, 0.4) is 0 Å². The molecule has 2 aromatic carbocycles. The number of aliphatic hydroxyl groups is 5. The molecule has 1 unspecified atom stereocenters. The zero-order valence-corrected chi connectivity index (χ0v) is 34.0. The van der Waals surface area contributed by atoms with E-state index in [4.69, 9.17) is 28.4 Å². The standard InChI is InChI=1S/C46H54O14/c1-5-25-21-41(4,52)45(54)35-24(3)44-32-19-23(2)34(56-39(50)31(14-10-9-11-27-20-30(25)27)55-38(49)26-15-17-29(48)18-16-26)43(32,53)40(51)42(22-47)36(57-42)33(44)37(45)59-46(58-35,60-44)28-12-7-6-8-13-28/h6-18,23-25,27,30-37,40,47-48,51-54H,5,19-22H2,1-4H3/b11-9+,14-10+/t23-,24+,25+,27-,30-,31+,32+,33-,34-,35+,36-,37+,40+,41+,42-,43+,44-,45-,46?/m0/s1. The molecule has 6 aliphatic heterocycles. The van der Waals surface area contributed by atoms with Gasteiger partial charge in [-0.2, -0.15) is 0 Å². The smallest absolute Gasteiger partial charge is 0.352 e. The number of aromatic hydroxyl groups is 1. The highest BCUT2D eigenvalue weighted by atomic mass is 16.9. The number of hydrogen-bond donors (Lipinski definition) is 6. The van der Waals surface area contributed by atoms with Crippen LogP contribution in [0.15, 0.2) is 78.9 Å². The first-order valence-electron chi connectivity index (χ1n) is 21.3. The lowest BCUT2D eigenvalue weighted by molar-refractivity contribution is -0.595. The first kappa shape index (κ1) is 40.4. The van der Waals surface area contributed by atoms with E-state index in [0.717, 1.165) is 6.42 Å². The maximum absolute atomic E-state index is 14.4. The van der Waals surface area contributed by atoms with Gasteiger partial charge in [-0.25, -0.2) is 9.59 Å². The molecule has 19 atom stereocenters. The Hall–Kier alpha value is -3.70. The van der Waals surface area contributed by atoms with E-state index in [1.807, 2.05) is 19.1 Å². The second-order valence-corrected chi connectivity index (χ2v) is 19.0. The molecule has 6 heterocycles. The van der Waals surface area contributed by atoms with Crippen LogP contribution in [0.4, 0.5) is 0 Å². The van der Waals surface area contributed by atoms with Crippen molar-refractivity contribution in [3.63, 3.8) is 0 Å². The summed E-state index contributed by atoms with van der Waals surface area (Å²) in [5, 5.41) is 73.4. The average molecular weight is 831 g/mol. The molecule has 1 spiro atoms. The van der Waals surface area contributed by atoms with Gasteiger partial charge < -0.3 is 59.1 Å². The molecule has 2 aromatic rings. The summed E-state index contributed by atoms with van der Waals surface area (Å²) >= 11 is 0. The Morgan fingerprint density at radius 3 is 2.30 bits per heavy atom. The van der Waals surface area contributed by atoms with Gasteiger partial charge >= 0.3 is 17.9 Å². The molecule has 14 nitrogen and oxygen atoms in total. The normalized spacial score (nSPS) is 51.9. The Kier molecular flexibility index (Phi) is 9.02. The van der Waals surface area contributed by atoms with Crippen LogP contribution in [0.1, 0.15) is 69.3 Å². The number of carbonyl (C=O) groups is 2. The fourth-order valence-electron chi connectivity index (χ4n) is 12.8.